The molecule has 0 spiro atoms. The molecule has 6 nitrogen and oxygen atoms in total. The molecule has 0 radical (unpaired) electrons. The van der Waals surface area contributed by atoms with E-state index >= 15 is 0 Å². The molecule has 0 bridgehead atoms. The summed E-state index contributed by atoms with van der Waals surface area (Å²) >= 11 is 0. The van der Waals surface area contributed by atoms with Crippen LogP contribution in [-0.4, -0.2) is 43.3 Å². The maximum Gasteiger partial charge on any atom is 0.305 e. The Morgan fingerprint density at radius 2 is 2.04 bits per heavy atom. The molecule has 0 aliphatic heterocycles. The minimum atomic E-state index is -1.03. The number of benzene rings is 1. The first-order valence-electron chi connectivity index (χ1n) is 7.14. The highest BCUT2D eigenvalue weighted by atomic mass is 19.1. The molecule has 0 aromatic heterocycles. The lowest BCUT2D eigenvalue weighted by Crippen LogP contribution is -2.50. The lowest BCUT2D eigenvalue weighted by Gasteiger charge is -2.28. The van der Waals surface area contributed by atoms with Crippen molar-refractivity contribution < 1.29 is 28.6 Å². The SMILES string of the molecule is COCC(C)(CC(=O)O)NC(=O)CCc1ccc(OC)c(F)c1. The number of carboxylic acid groups (broad SMARTS) is 1. The number of methoxy groups -OCH3 is 2. The molecule has 1 atom stereocenters. The molecule has 0 saturated carbocycles. The highest BCUT2D eigenvalue weighted by molar-refractivity contribution is 5.78. The first-order valence-corrected chi connectivity index (χ1v) is 7.14. The molecular formula is C16H22FNO5. The Morgan fingerprint density at radius 3 is 2.57 bits per heavy atom. The molecule has 1 amide bonds. The van der Waals surface area contributed by atoms with E-state index in [0.717, 1.165) is 0 Å². The Balaban J connectivity index is 2.61. The summed E-state index contributed by atoms with van der Waals surface area (Å²) in [7, 11) is 2.82. The monoisotopic (exact) mass is 327 g/mol. The fraction of sp³-hybridized carbons (Fsp3) is 0.500. The van der Waals surface area contributed by atoms with Crippen LogP contribution in [0.1, 0.15) is 25.3 Å². The van der Waals surface area contributed by atoms with Crippen LogP contribution in [0.3, 0.4) is 0 Å². The van der Waals surface area contributed by atoms with Crippen LogP contribution in [0.4, 0.5) is 4.39 Å². The molecule has 0 saturated heterocycles. The number of carbonyl (C=O) groups excluding carboxylic acids is 1. The van der Waals surface area contributed by atoms with Gasteiger partial charge >= 0.3 is 5.97 Å². The van der Waals surface area contributed by atoms with Crippen molar-refractivity contribution in [3.05, 3.63) is 29.6 Å². The predicted molar refractivity (Wildman–Crippen MR) is 81.9 cm³/mol. The number of aliphatic carboxylic acids is 1. The third kappa shape index (κ3) is 6.23. The van der Waals surface area contributed by atoms with Gasteiger partial charge in [-0.15, -0.1) is 0 Å². The highest BCUT2D eigenvalue weighted by Gasteiger charge is 2.29. The number of rotatable bonds is 9. The smallest absolute Gasteiger partial charge is 0.305 e. The van der Waals surface area contributed by atoms with Crippen LogP contribution in [0, 0.1) is 5.82 Å². The second kappa shape index (κ2) is 8.47. The summed E-state index contributed by atoms with van der Waals surface area (Å²) in [5, 5.41) is 11.6. The van der Waals surface area contributed by atoms with E-state index in [1.54, 1.807) is 13.0 Å². The van der Waals surface area contributed by atoms with Gasteiger partial charge in [0.1, 0.15) is 0 Å². The quantitative estimate of drug-likeness (QED) is 0.722. The van der Waals surface area contributed by atoms with Crippen LogP contribution in [0.15, 0.2) is 18.2 Å². The fourth-order valence-corrected chi connectivity index (χ4v) is 2.31. The van der Waals surface area contributed by atoms with Crippen molar-refractivity contribution >= 4 is 11.9 Å². The van der Waals surface area contributed by atoms with Gasteiger partial charge < -0.3 is 19.9 Å². The summed E-state index contributed by atoms with van der Waals surface area (Å²) in [6.45, 7) is 1.69. The topological polar surface area (TPSA) is 84.9 Å². The van der Waals surface area contributed by atoms with E-state index in [2.05, 4.69) is 5.32 Å². The van der Waals surface area contributed by atoms with E-state index < -0.39 is 17.3 Å². The van der Waals surface area contributed by atoms with Crippen LogP contribution in [0.5, 0.6) is 5.75 Å². The molecule has 2 N–H and O–H groups in total. The van der Waals surface area contributed by atoms with Gasteiger partial charge in [-0.05, 0) is 31.0 Å². The molecule has 1 rings (SSSR count). The number of carboxylic acids is 1. The highest BCUT2D eigenvalue weighted by Crippen LogP contribution is 2.18. The van der Waals surface area contributed by atoms with Crippen molar-refractivity contribution in [3.63, 3.8) is 0 Å². The van der Waals surface area contributed by atoms with Crippen molar-refractivity contribution in [1.82, 2.24) is 5.32 Å². The summed E-state index contributed by atoms with van der Waals surface area (Å²) < 4.78 is 23.4. The number of hydrogen-bond donors (Lipinski definition) is 2. The van der Waals surface area contributed by atoms with Gasteiger partial charge in [-0.25, -0.2) is 4.39 Å². The van der Waals surface area contributed by atoms with E-state index in [1.165, 1.54) is 26.4 Å². The lowest BCUT2D eigenvalue weighted by atomic mass is 9.98. The molecule has 0 aliphatic rings. The Morgan fingerprint density at radius 1 is 1.35 bits per heavy atom. The number of hydrogen-bond acceptors (Lipinski definition) is 4. The van der Waals surface area contributed by atoms with Gasteiger partial charge in [0, 0.05) is 13.5 Å². The summed E-state index contributed by atoms with van der Waals surface area (Å²) in [6.07, 6.45) is 0.206. The molecule has 7 heteroatoms. The average Bonchev–Trinajstić information content (AvgIpc) is 2.44. The maximum atomic E-state index is 13.6. The van der Waals surface area contributed by atoms with E-state index in [4.69, 9.17) is 14.6 Å². The maximum absolute atomic E-state index is 13.6. The molecule has 128 valence electrons. The van der Waals surface area contributed by atoms with Crippen molar-refractivity contribution in [2.75, 3.05) is 20.8 Å². The zero-order valence-electron chi connectivity index (χ0n) is 13.5. The minimum Gasteiger partial charge on any atom is -0.494 e. The third-order valence-corrected chi connectivity index (χ3v) is 3.30. The predicted octanol–water partition coefficient (Wildman–Crippen LogP) is 1.76. The van der Waals surface area contributed by atoms with Gasteiger partial charge in [0.25, 0.3) is 0 Å². The van der Waals surface area contributed by atoms with Crippen LogP contribution in [0.25, 0.3) is 0 Å². The summed E-state index contributed by atoms with van der Waals surface area (Å²) in [5.74, 6) is -1.68. The molecule has 1 aromatic carbocycles. The van der Waals surface area contributed by atoms with Crippen LogP contribution < -0.4 is 10.1 Å². The van der Waals surface area contributed by atoms with E-state index in [-0.39, 0.29) is 31.1 Å². The Labute approximate surface area is 134 Å². The minimum absolute atomic E-state index is 0.0855. The standard InChI is InChI=1S/C16H22FNO5/c1-16(10-22-2,9-15(20)21)18-14(19)7-5-11-4-6-13(23-3)12(17)8-11/h4,6,8H,5,7,9-10H2,1-3H3,(H,18,19)(H,20,21). The van der Waals surface area contributed by atoms with Crippen molar-refractivity contribution in [1.29, 1.82) is 0 Å². The Kier molecular flexibility index (Phi) is 6.96. The number of ether oxygens (including phenoxy) is 2. The van der Waals surface area contributed by atoms with E-state index in [0.29, 0.717) is 12.0 Å². The summed E-state index contributed by atoms with van der Waals surface area (Å²) in [5.41, 5.74) is -0.326. The van der Waals surface area contributed by atoms with Gasteiger partial charge in [0.2, 0.25) is 5.91 Å². The first-order chi connectivity index (χ1) is 10.8. The lowest BCUT2D eigenvalue weighted by molar-refractivity contribution is -0.139. The van der Waals surface area contributed by atoms with E-state index in [9.17, 15) is 14.0 Å². The molecule has 1 unspecified atom stereocenters. The van der Waals surface area contributed by atoms with Gasteiger partial charge in [-0.1, -0.05) is 6.07 Å². The van der Waals surface area contributed by atoms with Crippen LogP contribution in [-0.2, 0) is 20.7 Å². The van der Waals surface area contributed by atoms with Gasteiger partial charge in [0.15, 0.2) is 11.6 Å². The zero-order chi connectivity index (χ0) is 17.5. The Hall–Kier alpha value is -2.15. The number of carbonyl (C=O) groups is 2. The Bertz CT molecular complexity index is 563. The second-order valence-electron chi connectivity index (χ2n) is 5.58. The first kappa shape index (κ1) is 18.9. The van der Waals surface area contributed by atoms with Gasteiger partial charge in [0.05, 0.1) is 25.7 Å². The van der Waals surface area contributed by atoms with Crippen molar-refractivity contribution in [2.45, 2.75) is 31.7 Å². The van der Waals surface area contributed by atoms with Gasteiger partial charge in [-0.3, -0.25) is 9.59 Å². The van der Waals surface area contributed by atoms with E-state index in [1.807, 2.05) is 0 Å². The zero-order valence-corrected chi connectivity index (χ0v) is 13.5. The second-order valence-corrected chi connectivity index (χ2v) is 5.58. The molecule has 23 heavy (non-hydrogen) atoms. The number of nitrogens with one attached hydrogen (secondary N) is 1. The largest absolute Gasteiger partial charge is 0.494 e. The van der Waals surface area contributed by atoms with Crippen molar-refractivity contribution in [2.24, 2.45) is 0 Å². The molecule has 1 aromatic rings. The summed E-state index contributed by atoms with van der Waals surface area (Å²) in [4.78, 5) is 22.9. The number of halogens is 1. The average molecular weight is 327 g/mol. The molecule has 0 heterocycles. The molecular weight excluding hydrogens is 305 g/mol. The number of amides is 1. The van der Waals surface area contributed by atoms with Gasteiger partial charge in [-0.2, -0.15) is 0 Å². The van der Waals surface area contributed by atoms with Crippen LogP contribution >= 0.6 is 0 Å². The summed E-state index contributed by atoms with van der Waals surface area (Å²) in [6, 6.07) is 4.50. The fourth-order valence-electron chi connectivity index (χ4n) is 2.31. The van der Waals surface area contributed by atoms with Crippen LogP contribution in [0.2, 0.25) is 0 Å². The molecule has 0 fully saturated rings. The number of aryl methyl sites for hydroxylation is 1. The van der Waals surface area contributed by atoms with Crippen molar-refractivity contribution in [3.8, 4) is 5.75 Å². The molecule has 0 aliphatic carbocycles. The normalized spacial score (nSPS) is 13.2. The third-order valence-electron chi connectivity index (χ3n) is 3.30.